The van der Waals surface area contributed by atoms with Crippen molar-refractivity contribution in [3.63, 3.8) is 0 Å². The van der Waals surface area contributed by atoms with Crippen LogP contribution in [0.15, 0.2) is 0 Å². The smallest absolute Gasteiger partial charge is 0.318 e. The van der Waals surface area contributed by atoms with Crippen molar-refractivity contribution in [2.45, 2.75) is 49.4 Å². The maximum atomic E-state index is 12.0. The Kier molecular flexibility index (Phi) is 4.33. The van der Waals surface area contributed by atoms with Crippen LogP contribution in [0.2, 0.25) is 0 Å². The summed E-state index contributed by atoms with van der Waals surface area (Å²) in [5.74, 6) is 2.80. The van der Waals surface area contributed by atoms with E-state index in [1.54, 1.807) is 0 Å². The Hall–Kier alpha value is 0.160. The highest BCUT2D eigenvalue weighted by atomic mass is 127. The van der Waals surface area contributed by atoms with Crippen LogP contribution < -0.4 is 0 Å². The molecule has 1 N–H and O–H groups in total. The van der Waals surface area contributed by atoms with Crippen molar-refractivity contribution in [1.29, 1.82) is 0 Å². The summed E-state index contributed by atoms with van der Waals surface area (Å²) >= 11 is 2.15. The number of ether oxygens (including phenoxy) is 1. The van der Waals surface area contributed by atoms with Gasteiger partial charge in [-0.25, -0.2) is 0 Å². The fourth-order valence-corrected chi connectivity index (χ4v) is 5.30. The van der Waals surface area contributed by atoms with Crippen LogP contribution in [0.5, 0.6) is 0 Å². The van der Waals surface area contributed by atoms with Gasteiger partial charge < -0.3 is 9.84 Å². The molecule has 4 fully saturated rings. The molecule has 4 heteroatoms. The first-order valence-corrected chi connectivity index (χ1v) is 9.25. The molecule has 4 rings (SSSR count). The number of halogens is 1. The molecule has 0 saturated heterocycles. The monoisotopic (exact) mass is 392 g/mol. The zero-order valence-corrected chi connectivity index (χ0v) is 14.3. The molecule has 4 bridgehead atoms. The number of aliphatic hydroxyl groups excluding tert-OH is 1. The van der Waals surface area contributed by atoms with E-state index in [1.807, 2.05) is 6.92 Å². The van der Waals surface area contributed by atoms with Crippen molar-refractivity contribution in [2.24, 2.45) is 29.1 Å². The fraction of sp³-hybridized carbons (Fsp3) is 0.938. The lowest BCUT2D eigenvalue weighted by Gasteiger charge is -2.60. The number of carbonyl (C=O) groups is 1. The van der Waals surface area contributed by atoms with Crippen molar-refractivity contribution >= 4 is 28.6 Å². The van der Waals surface area contributed by atoms with Gasteiger partial charge in [-0.05, 0) is 62.2 Å². The number of hydrogen-bond acceptors (Lipinski definition) is 3. The number of alkyl halides is 1. The Morgan fingerprint density at radius 1 is 1.25 bits per heavy atom. The lowest BCUT2D eigenvalue weighted by Crippen LogP contribution is -2.57. The molecule has 20 heavy (non-hydrogen) atoms. The molecule has 0 radical (unpaired) electrons. The minimum atomic E-state index is -0.132. The Labute approximate surface area is 135 Å². The molecule has 4 aliphatic rings. The highest BCUT2D eigenvalue weighted by Gasteiger charge is 2.57. The van der Waals surface area contributed by atoms with Gasteiger partial charge in [-0.3, -0.25) is 4.79 Å². The van der Waals surface area contributed by atoms with Gasteiger partial charge in [-0.15, -0.1) is 0 Å². The molecule has 0 amide bonds. The summed E-state index contributed by atoms with van der Waals surface area (Å²) in [6, 6.07) is 0. The second-order valence-corrected chi connectivity index (χ2v) is 8.68. The summed E-state index contributed by atoms with van der Waals surface area (Å²) in [6.07, 6.45) is 7.18. The van der Waals surface area contributed by atoms with Gasteiger partial charge in [0.25, 0.3) is 0 Å². The van der Waals surface area contributed by atoms with Gasteiger partial charge >= 0.3 is 5.97 Å². The summed E-state index contributed by atoms with van der Waals surface area (Å²) in [4.78, 5) is 12.0. The van der Waals surface area contributed by atoms with Gasteiger partial charge in [-0.2, -0.15) is 0 Å². The first-order valence-electron chi connectivity index (χ1n) is 8.00. The van der Waals surface area contributed by atoms with Gasteiger partial charge in [0, 0.05) is 5.41 Å². The highest BCUT2D eigenvalue weighted by molar-refractivity contribution is 14.1. The van der Waals surface area contributed by atoms with E-state index in [4.69, 9.17) is 4.74 Å². The first kappa shape index (κ1) is 15.1. The van der Waals surface area contributed by atoms with E-state index in [0.717, 1.165) is 18.3 Å². The molecule has 1 atom stereocenters. The second kappa shape index (κ2) is 5.75. The highest BCUT2D eigenvalue weighted by Crippen LogP contribution is 2.62. The molecule has 0 aromatic carbocycles. The van der Waals surface area contributed by atoms with Crippen LogP contribution in [-0.4, -0.2) is 28.2 Å². The third-order valence-electron chi connectivity index (χ3n) is 6.16. The fourth-order valence-electron chi connectivity index (χ4n) is 5.12. The summed E-state index contributed by atoms with van der Waals surface area (Å²) in [7, 11) is 0. The zero-order chi connectivity index (χ0) is 14.3. The van der Waals surface area contributed by atoms with E-state index in [1.165, 1.54) is 32.1 Å². The number of carbonyl (C=O) groups excluding carboxylic acids is 1. The molecule has 0 aliphatic heterocycles. The molecule has 0 aromatic heterocycles. The molecule has 3 nitrogen and oxygen atoms in total. The molecule has 0 spiro atoms. The maximum absolute atomic E-state index is 12.0. The van der Waals surface area contributed by atoms with Crippen LogP contribution in [0.1, 0.15) is 45.4 Å². The van der Waals surface area contributed by atoms with Crippen LogP contribution in [0.25, 0.3) is 0 Å². The molecular weight excluding hydrogens is 367 g/mol. The van der Waals surface area contributed by atoms with Gasteiger partial charge in [0.1, 0.15) is 3.92 Å². The molecular formula is C16H25IO3. The minimum Gasteiger partial charge on any atom is -0.464 e. The normalized spacial score (nSPS) is 43.5. The SMILES string of the molecule is CCC(I)C(=O)OCC1(CO)C2CC3CC(C2)CC1C3. The Bertz CT molecular complexity index is 354. The van der Waals surface area contributed by atoms with E-state index in [9.17, 15) is 9.90 Å². The van der Waals surface area contributed by atoms with Crippen molar-refractivity contribution in [3.8, 4) is 0 Å². The van der Waals surface area contributed by atoms with E-state index >= 15 is 0 Å². The molecule has 0 aromatic rings. The van der Waals surface area contributed by atoms with Crippen molar-refractivity contribution in [1.82, 2.24) is 0 Å². The molecule has 0 heterocycles. The van der Waals surface area contributed by atoms with E-state index in [0.29, 0.717) is 18.4 Å². The van der Waals surface area contributed by atoms with Crippen LogP contribution in [0, 0.1) is 29.1 Å². The Morgan fingerprint density at radius 2 is 1.80 bits per heavy atom. The van der Waals surface area contributed by atoms with Gasteiger partial charge in [0.15, 0.2) is 0 Å². The van der Waals surface area contributed by atoms with Gasteiger partial charge in [-0.1, -0.05) is 29.5 Å². The molecule has 4 aliphatic carbocycles. The third-order valence-corrected chi connectivity index (χ3v) is 7.55. The lowest BCUT2D eigenvalue weighted by atomic mass is 9.45. The molecule has 1 unspecified atom stereocenters. The lowest BCUT2D eigenvalue weighted by molar-refractivity contribution is -0.176. The predicted molar refractivity (Wildman–Crippen MR) is 85.6 cm³/mol. The van der Waals surface area contributed by atoms with Gasteiger partial charge in [0.2, 0.25) is 0 Å². The van der Waals surface area contributed by atoms with E-state index in [-0.39, 0.29) is 21.9 Å². The van der Waals surface area contributed by atoms with Gasteiger partial charge in [0.05, 0.1) is 13.2 Å². The zero-order valence-electron chi connectivity index (χ0n) is 12.2. The minimum absolute atomic E-state index is 0.0554. The van der Waals surface area contributed by atoms with Crippen molar-refractivity contribution in [2.75, 3.05) is 13.2 Å². The maximum Gasteiger partial charge on any atom is 0.318 e. The first-order chi connectivity index (χ1) is 9.59. The van der Waals surface area contributed by atoms with E-state index < -0.39 is 0 Å². The average molecular weight is 392 g/mol. The van der Waals surface area contributed by atoms with Crippen LogP contribution in [0.4, 0.5) is 0 Å². The molecule has 4 saturated carbocycles. The summed E-state index contributed by atoms with van der Waals surface area (Å²) < 4.78 is 5.55. The number of hydrogen-bond donors (Lipinski definition) is 1. The average Bonchev–Trinajstić information content (AvgIpc) is 2.45. The number of esters is 1. The summed E-state index contributed by atoms with van der Waals surface area (Å²) in [5, 5.41) is 10.1. The van der Waals surface area contributed by atoms with Crippen LogP contribution in [0.3, 0.4) is 0 Å². The van der Waals surface area contributed by atoms with Crippen LogP contribution in [-0.2, 0) is 9.53 Å². The van der Waals surface area contributed by atoms with Crippen LogP contribution >= 0.6 is 22.6 Å². The Morgan fingerprint density at radius 3 is 2.25 bits per heavy atom. The van der Waals surface area contributed by atoms with Crippen molar-refractivity contribution in [3.05, 3.63) is 0 Å². The number of aliphatic hydroxyl groups is 1. The molecule has 114 valence electrons. The quantitative estimate of drug-likeness (QED) is 0.444. The van der Waals surface area contributed by atoms with E-state index in [2.05, 4.69) is 22.6 Å². The summed E-state index contributed by atoms with van der Waals surface area (Å²) in [5.41, 5.74) is -0.132. The predicted octanol–water partition coefficient (Wildman–Crippen LogP) is 3.18. The topological polar surface area (TPSA) is 46.5 Å². The number of rotatable bonds is 5. The largest absolute Gasteiger partial charge is 0.464 e. The Balaban J connectivity index is 1.70. The third kappa shape index (κ3) is 2.40. The second-order valence-electron chi connectivity index (χ2n) is 7.18. The summed E-state index contributed by atoms with van der Waals surface area (Å²) in [6.45, 7) is 2.63. The standard InChI is InChI=1S/C16H25IO3/c1-2-14(17)15(19)20-9-16(8-18)12-4-10-3-11(6-12)7-13(16)5-10/h10-14,18H,2-9H2,1H3. The van der Waals surface area contributed by atoms with Crippen molar-refractivity contribution < 1.29 is 14.6 Å².